The third kappa shape index (κ3) is 3.61. The third-order valence-corrected chi connectivity index (χ3v) is 2.62. The molecule has 0 aliphatic heterocycles. The molecule has 1 amide bonds. The highest BCUT2D eigenvalue weighted by molar-refractivity contribution is 5.91. The molecule has 1 heterocycles. The monoisotopic (exact) mass is 273 g/mol. The second kappa shape index (κ2) is 5.92. The number of hydrogen-bond donors (Lipinski definition) is 2. The van der Waals surface area contributed by atoms with E-state index in [1.807, 2.05) is 0 Å². The normalized spacial score (nSPS) is 10.1. The Hall–Kier alpha value is -2.76. The molecule has 6 nitrogen and oxygen atoms in total. The van der Waals surface area contributed by atoms with Crippen molar-refractivity contribution >= 4 is 17.3 Å². The van der Waals surface area contributed by atoms with Crippen LogP contribution in [0.4, 0.5) is 11.4 Å². The van der Waals surface area contributed by atoms with Crippen LogP contribution in [0.1, 0.15) is 0 Å². The number of benzene rings is 1. The fraction of sp³-hybridized carbons (Fsp3) is 0.143. The zero-order valence-electron chi connectivity index (χ0n) is 11.0. The minimum absolute atomic E-state index is 0.118. The molecule has 3 N–H and O–H groups in total. The van der Waals surface area contributed by atoms with Crippen LogP contribution in [0.2, 0.25) is 0 Å². The van der Waals surface area contributed by atoms with E-state index in [-0.39, 0.29) is 18.1 Å². The standard InChI is InChI=1S/C14H15N3O3/c1-17-8-11(4-7-14(17)19)16-13(18)9-20-12-5-2-10(15)3-6-12/h2-8H,9,15H2,1H3,(H,16,18). The number of rotatable bonds is 4. The van der Waals surface area contributed by atoms with E-state index in [1.165, 1.54) is 10.6 Å². The number of nitrogens with zero attached hydrogens (tertiary/aromatic N) is 1. The lowest BCUT2D eigenvalue weighted by Gasteiger charge is -2.08. The molecule has 0 atom stereocenters. The van der Waals surface area contributed by atoms with Crippen LogP contribution in [-0.4, -0.2) is 17.1 Å². The van der Waals surface area contributed by atoms with Crippen molar-refractivity contribution in [1.82, 2.24) is 4.57 Å². The molecule has 0 saturated carbocycles. The number of amides is 1. The zero-order chi connectivity index (χ0) is 14.5. The summed E-state index contributed by atoms with van der Waals surface area (Å²) in [5.74, 6) is 0.260. The SMILES string of the molecule is Cn1cc(NC(=O)COc2ccc(N)cc2)ccc1=O. The lowest BCUT2D eigenvalue weighted by molar-refractivity contribution is -0.118. The Bertz CT molecular complexity index is 662. The van der Waals surface area contributed by atoms with Crippen LogP contribution >= 0.6 is 0 Å². The third-order valence-electron chi connectivity index (χ3n) is 2.62. The van der Waals surface area contributed by atoms with Crippen LogP contribution in [0.15, 0.2) is 47.4 Å². The van der Waals surface area contributed by atoms with E-state index in [2.05, 4.69) is 5.32 Å². The maximum Gasteiger partial charge on any atom is 0.262 e. The first-order valence-electron chi connectivity index (χ1n) is 5.99. The number of aromatic nitrogens is 1. The molecule has 0 aliphatic carbocycles. The van der Waals surface area contributed by atoms with E-state index in [0.29, 0.717) is 17.1 Å². The van der Waals surface area contributed by atoms with E-state index in [0.717, 1.165) is 0 Å². The van der Waals surface area contributed by atoms with Gasteiger partial charge in [-0.15, -0.1) is 0 Å². The van der Waals surface area contributed by atoms with Crippen LogP contribution in [0.25, 0.3) is 0 Å². The molecule has 1 aromatic carbocycles. The highest BCUT2D eigenvalue weighted by Crippen LogP contribution is 2.13. The van der Waals surface area contributed by atoms with Gasteiger partial charge in [0.2, 0.25) is 5.56 Å². The number of pyridine rings is 1. The second-order valence-electron chi connectivity index (χ2n) is 4.27. The molecule has 0 spiro atoms. The lowest BCUT2D eigenvalue weighted by Crippen LogP contribution is -2.22. The first-order valence-corrected chi connectivity index (χ1v) is 5.99. The van der Waals surface area contributed by atoms with Gasteiger partial charge in [-0.2, -0.15) is 0 Å². The van der Waals surface area contributed by atoms with Crippen LogP contribution in [0, 0.1) is 0 Å². The smallest absolute Gasteiger partial charge is 0.262 e. The molecule has 6 heteroatoms. The summed E-state index contributed by atoms with van der Waals surface area (Å²) in [6.45, 7) is -0.118. The Balaban J connectivity index is 1.90. The molecular weight excluding hydrogens is 258 g/mol. The number of nitrogens with two attached hydrogens (primary N) is 1. The topological polar surface area (TPSA) is 86.3 Å². The Morgan fingerprint density at radius 1 is 1.25 bits per heavy atom. The summed E-state index contributed by atoms with van der Waals surface area (Å²) in [5, 5.41) is 2.64. The molecule has 20 heavy (non-hydrogen) atoms. The lowest BCUT2D eigenvalue weighted by atomic mass is 10.3. The van der Waals surface area contributed by atoms with Gasteiger partial charge in [-0.25, -0.2) is 0 Å². The number of aryl methyl sites for hydroxylation is 1. The van der Waals surface area contributed by atoms with Crippen LogP contribution in [-0.2, 0) is 11.8 Å². The van der Waals surface area contributed by atoms with Gasteiger partial charge < -0.3 is 20.4 Å². The highest BCUT2D eigenvalue weighted by atomic mass is 16.5. The van der Waals surface area contributed by atoms with Gasteiger partial charge >= 0.3 is 0 Å². The van der Waals surface area contributed by atoms with E-state index in [1.54, 1.807) is 43.6 Å². The molecule has 0 bridgehead atoms. The average Bonchev–Trinajstić information content (AvgIpc) is 2.42. The Kier molecular flexibility index (Phi) is 4.05. The number of carbonyl (C=O) groups excluding carboxylic acids is 1. The maximum absolute atomic E-state index is 11.7. The van der Waals surface area contributed by atoms with Gasteiger partial charge in [0.05, 0.1) is 5.69 Å². The number of hydrogen-bond acceptors (Lipinski definition) is 4. The minimum atomic E-state index is -0.305. The van der Waals surface area contributed by atoms with Crippen molar-refractivity contribution in [2.45, 2.75) is 0 Å². The van der Waals surface area contributed by atoms with E-state index >= 15 is 0 Å². The molecule has 1 aromatic heterocycles. The molecule has 0 unspecified atom stereocenters. The quantitative estimate of drug-likeness (QED) is 0.813. The summed E-state index contributed by atoms with van der Waals surface area (Å²) < 4.78 is 6.70. The largest absolute Gasteiger partial charge is 0.484 e. The highest BCUT2D eigenvalue weighted by Gasteiger charge is 2.04. The first kappa shape index (κ1) is 13.7. The van der Waals surface area contributed by atoms with Crippen molar-refractivity contribution in [1.29, 1.82) is 0 Å². The molecule has 0 radical (unpaired) electrons. The molecular formula is C14H15N3O3. The van der Waals surface area contributed by atoms with Crippen LogP contribution in [0.3, 0.4) is 0 Å². The maximum atomic E-state index is 11.7. The summed E-state index contributed by atoms with van der Waals surface area (Å²) in [6.07, 6.45) is 1.55. The summed E-state index contributed by atoms with van der Waals surface area (Å²) in [7, 11) is 1.61. The summed E-state index contributed by atoms with van der Waals surface area (Å²) in [5.41, 5.74) is 6.58. The molecule has 104 valence electrons. The minimum Gasteiger partial charge on any atom is -0.484 e. The Morgan fingerprint density at radius 3 is 2.60 bits per heavy atom. The fourth-order valence-electron chi connectivity index (χ4n) is 1.58. The summed E-state index contributed by atoms with van der Waals surface area (Å²) in [6, 6.07) is 9.70. The van der Waals surface area contributed by atoms with Crippen molar-refractivity contribution < 1.29 is 9.53 Å². The molecule has 2 rings (SSSR count). The van der Waals surface area contributed by atoms with Crippen molar-refractivity contribution in [2.24, 2.45) is 7.05 Å². The van der Waals surface area contributed by atoms with Gasteiger partial charge in [-0.1, -0.05) is 0 Å². The van der Waals surface area contributed by atoms with Gasteiger partial charge in [0, 0.05) is 25.0 Å². The zero-order valence-corrected chi connectivity index (χ0v) is 11.0. The number of nitrogen functional groups attached to an aromatic ring is 1. The van der Waals surface area contributed by atoms with Gasteiger partial charge in [-0.05, 0) is 30.3 Å². The fourth-order valence-corrected chi connectivity index (χ4v) is 1.58. The molecule has 2 aromatic rings. The van der Waals surface area contributed by atoms with Gasteiger partial charge in [0.1, 0.15) is 5.75 Å². The number of anilines is 2. The Labute approximate surface area is 115 Å². The predicted molar refractivity (Wildman–Crippen MR) is 76.7 cm³/mol. The Morgan fingerprint density at radius 2 is 1.95 bits per heavy atom. The molecule has 0 saturated heterocycles. The van der Waals surface area contributed by atoms with Crippen molar-refractivity contribution in [3.8, 4) is 5.75 Å². The average molecular weight is 273 g/mol. The predicted octanol–water partition coefficient (Wildman–Crippen LogP) is 0.985. The number of ether oxygens (including phenoxy) is 1. The van der Waals surface area contributed by atoms with E-state index in [9.17, 15) is 9.59 Å². The summed E-state index contributed by atoms with van der Waals surface area (Å²) in [4.78, 5) is 22.9. The van der Waals surface area contributed by atoms with Crippen molar-refractivity contribution in [3.05, 3.63) is 52.9 Å². The number of nitrogens with one attached hydrogen (secondary N) is 1. The molecule has 0 aliphatic rings. The van der Waals surface area contributed by atoms with Crippen LogP contribution in [0.5, 0.6) is 5.75 Å². The van der Waals surface area contributed by atoms with Gasteiger partial charge in [0.15, 0.2) is 6.61 Å². The van der Waals surface area contributed by atoms with Crippen molar-refractivity contribution in [2.75, 3.05) is 17.7 Å². The first-order chi connectivity index (χ1) is 9.54. The van der Waals surface area contributed by atoms with Crippen molar-refractivity contribution in [3.63, 3.8) is 0 Å². The summed E-state index contributed by atoms with van der Waals surface area (Å²) >= 11 is 0. The van der Waals surface area contributed by atoms with Gasteiger partial charge in [0.25, 0.3) is 5.91 Å². The number of carbonyl (C=O) groups is 1. The molecule has 0 fully saturated rings. The second-order valence-corrected chi connectivity index (χ2v) is 4.27. The van der Waals surface area contributed by atoms with Gasteiger partial charge in [-0.3, -0.25) is 9.59 Å². The van der Waals surface area contributed by atoms with E-state index < -0.39 is 0 Å². The van der Waals surface area contributed by atoms with E-state index in [4.69, 9.17) is 10.5 Å². The van der Waals surface area contributed by atoms with Crippen LogP contribution < -0.4 is 21.3 Å².